The number of carboxylic acid groups (broad SMARTS) is 1. The molecule has 1 aliphatic heterocycles. The molecular weight excluding hydrogens is 346 g/mol. The Balaban J connectivity index is 1.76. The zero-order valence-corrected chi connectivity index (χ0v) is 15.6. The summed E-state index contributed by atoms with van der Waals surface area (Å²) in [7, 11) is 0. The third kappa shape index (κ3) is 2.80. The van der Waals surface area contributed by atoms with E-state index in [4.69, 9.17) is 11.6 Å². The molecule has 0 unspecified atom stereocenters. The molecule has 0 amide bonds. The molecule has 0 bridgehead atoms. The molecule has 2 N–H and O–H groups in total. The highest BCUT2D eigenvalue weighted by Gasteiger charge is 2.39. The van der Waals surface area contributed by atoms with Crippen molar-refractivity contribution in [3.63, 3.8) is 0 Å². The van der Waals surface area contributed by atoms with Gasteiger partial charge in [0.25, 0.3) is 0 Å². The maximum absolute atomic E-state index is 11.4. The number of halogens is 1. The van der Waals surface area contributed by atoms with Gasteiger partial charge in [-0.15, -0.1) is 0 Å². The van der Waals surface area contributed by atoms with E-state index in [1.807, 2.05) is 0 Å². The van der Waals surface area contributed by atoms with Crippen molar-refractivity contribution < 1.29 is 9.90 Å². The largest absolute Gasteiger partial charge is 0.478 e. The molecule has 4 rings (SSSR count). The highest BCUT2D eigenvalue weighted by molar-refractivity contribution is 6.33. The smallest absolute Gasteiger partial charge is 0.335 e. The highest BCUT2D eigenvalue weighted by atomic mass is 35.5. The van der Waals surface area contributed by atoms with E-state index in [1.54, 1.807) is 6.07 Å². The predicted molar refractivity (Wildman–Crippen MR) is 105 cm³/mol. The van der Waals surface area contributed by atoms with Crippen molar-refractivity contribution in [2.24, 2.45) is 5.92 Å². The second-order valence-corrected chi connectivity index (χ2v) is 7.93. The Labute approximate surface area is 158 Å². The SMILES string of the molecule is CC(C)c1ccc([C@@H]2Nc3c(Cl)cc(C(=O)O)cc3[C@@H]3C=CC[C@H]32)cc1. The molecule has 2 aliphatic rings. The maximum atomic E-state index is 11.4. The molecule has 0 spiro atoms. The maximum Gasteiger partial charge on any atom is 0.335 e. The summed E-state index contributed by atoms with van der Waals surface area (Å²) in [6.07, 6.45) is 5.37. The van der Waals surface area contributed by atoms with E-state index in [9.17, 15) is 9.90 Å². The zero-order valence-electron chi connectivity index (χ0n) is 14.9. The van der Waals surface area contributed by atoms with Crippen molar-refractivity contribution in [3.8, 4) is 0 Å². The molecule has 2 aromatic carbocycles. The van der Waals surface area contributed by atoms with Gasteiger partial charge in [0.05, 0.1) is 22.3 Å². The van der Waals surface area contributed by atoms with Crippen molar-refractivity contribution in [1.29, 1.82) is 0 Å². The number of rotatable bonds is 3. The van der Waals surface area contributed by atoms with E-state index in [0.29, 0.717) is 16.9 Å². The van der Waals surface area contributed by atoms with Crippen LogP contribution in [0.2, 0.25) is 5.02 Å². The average Bonchev–Trinajstić information content (AvgIpc) is 3.11. The van der Waals surface area contributed by atoms with Crippen LogP contribution in [0.15, 0.2) is 48.6 Å². The van der Waals surface area contributed by atoms with Crippen molar-refractivity contribution in [1.82, 2.24) is 0 Å². The Morgan fingerprint density at radius 1 is 1.23 bits per heavy atom. The van der Waals surface area contributed by atoms with Gasteiger partial charge in [-0.05, 0) is 47.1 Å². The molecule has 0 fully saturated rings. The molecule has 1 aliphatic carbocycles. The van der Waals surface area contributed by atoms with Crippen LogP contribution in [0.25, 0.3) is 0 Å². The summed E-state index contributed by atoms with van der Waals surface area (Å²) in [5.41, 5.74) is 4.67. The fourth-order valence-corrected chi connectivity index (χ4v) is 4.48. The first-order valence-electron chi connectivity index (χ1n) is 9.05. The van der Waals surface area contributed by atoms with Crippen LogP contribution < -0.4 is 5.32 Å². The highest BCUT2D eigenvalue weighted by Crippen LogP contribution is 2.51. The van der Waals surface area contributed by atoms with Crippen LogP contribution >= 0.6 is 11.6 Å². The fourth-order valence-electron chi connectivity index (χ4n) is 4.20. The number of carboxylic acids is 1. The zero-order chi connectivity index (χ0) is 18.4. The first kappa shape index (κ1) is 17.2. The average molecular weight is 368 g/mol. The van der Waals surface area contributed by atoms with Crippen LogP contribution in [0.4, 0.5) is 5.69 Å². The van der Waals surface area contributed by atoms with Gasteiger partial charge in [-0.3, -0.25) is 0 Å². The van der Waals surface area contributed by atoms with Gasteiger partial charge < -0.3 is 10.4 Å². The second-order valence-electron chi connectivity index (χ2n) is 7.52. The lowest BCUT2D eigenvalue weighted by Crippen LogP contribution is -2.29. The minimum Gasteiger partial charge on any atom is -0.478 e. The minimum atomic E-state index is -0.945. The molecule has 3 atom stereocenters. The molecule has 0 radical (unpaired) electrons. The number of fused-ring (bicyclic) bond motifs is 3. The molecule has 26 heavy (non-hydrogen) atoms. The summed E-state index contributed by atoms with van der Waals surface area (Å²) in [4.78, 5) is 11.4. The van der Waals surface area contributed by atoms with Crippen LogP contribution in [0.1, 0.15) is 65.2 Å². The molecule has 4 heteroatoms. The first-order valence-corrected chi connectivity index (χ1v) is 9.43. The second kappa shape index (κ2) is 6.48. The van der Waals surface area contributed by atoms with E-state index < -0.39 is 5.97 Å². The van der Waals surface area contributed by atoms with Gasteiger partial charge in [0.1, 0.15) is 0 Å². The van der Waals surface area contributed by atoms with Gasteiger partial charge in [-0.1, -0.05) is 61.9 Å². The monoisotopic (exact) mass is 367 g/mol. The molecular formula is C22H22ClNO2. The molecule has 2 aromatic rings. The van der Waals surface area contributed by atoms with Crippen LogP contribution in [0, 0.1) is 5.92 Å². The summed E-state index contributed by atoms with van der Waals surface area (Å²) in [6, 6.07) is 12.3. The fraction of sp³-hybridized carbons (Fsp3) is 0.318. The standard InChI is InChI=1S/C22H22ClNO2/c1-12(2)13-6-8-14(9-7-13)20-17-5-3-4-16(17)18-10-15(22(25)26)11-19(23)21(18)24-20/h3-4,6-12,16-17,20,24H,5H2,1-2H3,(H,25,26)/t16-,17-,20+/m1/s1. The molecule has 1 heterocycles. The van der Waals surface area contributed by atoms with Gasteiger partial charge in [-0.25, -0.2) is 4.79 Å². The summed E-state index contributed by atoms with van der Waals surface area (Å²) < 4.78 is 0. The molecule has 3 nitrogen and oxygen atoms in total. The number of hydrogen-bond donors (Lipinski definition) is 2. The van der Waals surface area contributed by atoms with Crippen LogP contribution in [0.3, 0.4) is 0 Å². The lowest BCUT2D eigenvalue weighted by molar-refractivity contribution is 0.0696. The van der Waals surface area contributed by atoms with Crippen molar-refractivity contribution in [3.05, 3.63) is 75.8 Å². The van der Waals surface area contributed by atoms with E-state index in [1.165, 1.54) is 17.2 Å². The molecule has 0 aromatic heterocycles. The Kier molecular flexibility index (Phi) is 4.28. The number of anilines is 1. The number of benzene rings is 2. The van der Waals surface area contributed by atoms with Gasteiger partial charge in [-0.2, -0.15) is 0 Å². The number of nitrogens with one attached hydrogen (secondary N) is 1. The summed E-state index contributed by atoms with van der Waals surface area (Å²) in [5.74, 6) is 0.124. The number of aromatic carboxylic acids is 1. The van der Waals surface area contributed by atoms with Crippen molar-refractivity contribution in [2.75, 3.05) is 5.32 Å². The summed E-state index contributed by atoms with van der Waals surface area (Å²) in [5, 5.41) is 13.4. The Morgan fingerprint density at radius 2 is 1.96 bits per heavy atom. The van der Waals surface area contributed by atoms with Crippen LogP contribution in [-0.2, 0) is 0 Å². The Bertz CT molecular complexity index is 886. The van der Waals surface area contributed by atoms with Gasteiger partial charge >= 0.3 is 5.97 Å². The number of allylic oxidation sites excluding steroid dienone is 2. The summed E-state index contributed by atoms with van der Waals surface area (Å²) in [6.45, 7) is 4.39. The first-order chi connectivity index (χ1) is 12.5. The van der Waals surface area contributed by atoms with E-state index in [0.717, 1.165) is 17.7 Å². The predicted octanol–water partition coefficient (Wildman–Crippen LogP) is 5.99. The third-order valence-corrected chi connectivity index (χ3v) is 5.93. The molecule has 0 saturated carbocycles. The van der Waals surface area contributed by atoms with Gasteiger partial charge in [0.2, 0.25) is 0 Å². The van der Waals surface area contributed by atoms with Crippen molar-refractivity contribution >= 4 is 23.3 Å². The van der Waals surface area contributed by atoms with Crippen LogP contribution in [0.5, 0.6) is 0 Å². The third-order valence-electron chi connectivity index (χ3n) is 5.63. The topological polar surface area (TPSA) is 49.3 Å². The Hall–Kier alpha value is -2.26. The summed E-state index contributed by atoms with van der Waals surface area (Å²) >= 11 is 6.45. The Morgan fingerprint density at radius 3 is 2.62 bits per heavy atom. The van der Waals surface area contributed by atoms with E-state index >= 15 is 0 Å². The lowest BCUT2D eigenvalue weighted by Gasteiger charge is -2.38. The van der Waals surface area contributed by atoms with Gasteiger partial charge in [0, 0.05) is 5.92 Å². The quantitative estimate of drug-likeness (QED) is 0.655. The van der Waals surface area contributed by atoms with Crippen molar-refractivity contribution in [2.45, 2.75) is 38.1 Å². The number of carbonyl (C=O) groups is 1. The van der Waals surface area contributed by atoms with Crippen LogP contribution in [-0.4, -0.2) is 11.1 Å². The minimum absolute atomic E-state index is 0.164. The molecule has 0 saturated heterocycles. The lowest BCUT2D eigenvalue weighted by atomic mass is 9.76. The van der Waals surface area contributed by atoms with E-state index in [2.05, 4.69) is 55.6 Å². The molecule has 134 valence electrons. The normalized spacial score (nSPS) is 23.5. The van der Waals surface area contributed by atoms with E-state index in [-0.39, 0.29) is 17.5 Å². The number of hydrogen-bond acceptors (Lipinski definition) is 2. The van der Waals surface area contributed by atoms with Gasteiger partial charge in [0.15, 0.2) is 0 Å².